The van der Waals surface area contributed by atoms with Crippen LogP contribution in [0.3, 0.4) is 0 Å². The van der Waals surface area contributed by atoms with Crippen molar-refractivity contribution in [3.63, 3.8) is 0 Å². The summed E-state index contributed by atoms with van der Waals surface area (Å²) in [6.07, 6.45) is -9.24. The average Bonchev–Trinajstić information content (AvgIpc) is 2.95. The Hall–Kier alpha value is -2.07. The van der Waals surface area contributed by atoms with E-state index in [0.29, 0.717) is 0 Å². The normalized spacial score (nSPS) is 13.9. The summed E-state index contributed by atoms with van der Waals surface area (Å²) in [5.74, 6) is 0.0327. The third kappa shape index (κ3) is 3.75. The van der Waals surface area contributed by atoms with Gasteiger partial charge in [-0.2, -0.15) is 31.4 Å². The molecule has 3 nitrogen and oxygen atoms in total. The van der Waals surface area contributed by atoms with Gasteiger partial charge in [0, 0.05) is 11.1 Å². The number of rotatable bonds is 3. The molecule has 1 unspecified atom stereocenters. The molecule has 150 valence electrons. The van der Waals surface area contributed by atoms with Gasteiger partial charge in [0.05, 0.1) is 38.0 Å². The maximum absolute atomic E-state index is 13.0. The molecule has 2 aromatic carbocycles. The van der Waals surface area contributed by atoms with Crippen molar-refractivity contribution in [2.45, 2.75) is 24.2 Å². The Bertz CT molecular complexity index is 1070. The van der Waals surface area contributed by atoms with Crippen LogP contribution in [0.2, 0.25) is 5.15 Å². The number of alkyl halides is 6. The van der Waals surface area contributed by atoms with Crippen molar-refractivity contribution in [3.8, 4) is 5.69 Å². The molecule has 11 heteroatoms. The zero-order chi connectivity index (χ0) is 20.9. The molecule has 0 aliphatic carbocycles. The van der Waals surface area contributed by atoms with Gasteiger partial charge >= 0.3 is 12.4 Å². The number of fused-ring (bicyclic) bond motifs is 1. The molecule has 0 N–H and O–H groups in total. The first-order chi connectivity index (χ1) is 12.9. The molecule has 1 atom stereocenters. The van der Waals surface area contributed by atoms with E-state index < -0.39 is 34.3 Å². The summed E-state index contributed by atoms with van der Waals surface area (Å²) in [4.78, 5) is -0.164. The van der Waals surface area contributed by atoms with Crippen LogP contribution < -0.4 is 0 Å². The molecule has 0 amide bonds. The molecule has 0 spiro atoms. The van der Waals surface area contributed by atoms with Crippen LogP contribution in [0.25, 0.3) is 16.6 Å². The largest absolute Gasteiger partial charge is 0.416 e. The topological polar surface area (TPSA) is 34.9 Å². The summed E-state index contributed by atoms with van der Waals surface area (Å²) in [6, 6.07) is 5.31. The van der Waals surface area contributed by atoms with Crippen LogP contribution in [0.1, 0.15) is 18.1 Å². The predicted molar refractivity (Wildman–Crippen MR) is 93.0 cm³/mol. The van der Waals surface area contributed by atoms with Gasteiger partial charge in [0.15, 0.2) is 0 Å². The highest BCUT2D eigenvalue weighted by atomic mass is 35.5. The Morgan fingerprint density at radius 2 is 1.57 bits per heavy atom. The van der Waals surface area contributed by atoms with E-state index in [2.05, 4.69) is 5.10 Å². The standard InChI is InChI=1S/C17H11ClF6N2OS/c1-2-28(27)14-8-10(17(22,23)24)4-6-13(14)26-15(18)11-5-3-9(16(19,20)21)7-12(11)25-26/h3-8H,2H2,1H3. The summed E-state index contributed by atoms with van der Waals surface area (Å²) in [5, 5.41) is 4.08. The van der Waals surface area contributed by atoms with Gasteiger partial charge in [0.2, 0.25) is 0 Å². The van der Waals surface area contributed by atoms with Crippen molar-refractivity contribution in [2.24, 2.45) is 0 Å². The molecule has 3 aromatic rings. The average molecular weight is 441 g/mol. The maximum Gasteiger partial charge on any atom is 0.416 e. The maximum atomic E-state index is 13.0. The van der Waals surface area contributed by atoms with Gasteiger partial charge in [-0.15, -0.1) is 0 Å². The Morgan fingerprint density at radius 1 is 1.00 bits per heavy atom. The molecule has 0 radical (unpaired) electrons. The Morgan fingerprint density at radius 3 is 2.14 bits per heavy atom. The van der Waals surface area contributed by atoms with Crippen LogP contribution in [0.15, 0.2) is 41.3 Å². The van der Waals surface area contributed by atoms with Crippen molar-refractivity contribution < 1.29 is 30.6 Å². The summed E-state index contributed by atoms with van der Waals surface area (Å²) >= 11 is 6.21. The lowest BCUT2D eigenvalue weighted by Gasteiger charge is -2.13. The van der Waals surface area contributed by atoms with Gasteiger partial charge in [-0.05, 0) is 36.4 Å². The number of hydrogen-bond acceptors (Lipinski definition) is 2. The summed E-state index contributed by atoms with van der Waals surface area (Å²) in [6.45, 7) is 1.52. The molecule has 0 aliphatic rings. The van der Waals surface area contributed by atoms with Crippen LogP contribution in [-0.2, 0) is 23.2 Å². The zero-order valence-corrected chi connectivity index (χ0v) is 15.6. The fraction of sp³-hybridized carbons (Fsp3) is 0.235. The van der Waals surface area contributed by atoms with Crippen molar-refractivity contribution in [1.82, 2.24) is 9.78 Å². The van der Waals surface area contributed by atoms with E-state index in [1.807, 2.05) is 0 Å². The number of aromatic nitrogens is 2. The van der Waals surface area contributed by atoms with Crippen molar-refractivity contribution in [2.75, 3.05) is 5.75 Å². The van der Waals surface area contributed by atoms with Crippen molar-refractivity contribution in [1.29, 1.82) is 0 Å². The van der Waals surface area contributed by atoms with Gasteiger partial charge in [0.25, 0.3) is 0 Å². The zero-order valence-electron chi connectivity index (χ0n) is 14.0. The van der Waals surface area contributed by atoms with E-state index in [9.17, 15) is 30.6 Å². The highest BCUT2D eigenvalue weighted by Gasteiger charge is 2.33. The molecule has 0 fully saturated rings. The minimum absolute atomic E-state index is 0.00272. The lowest BCUT2D eigenvalue weighted by atomic mass is 10.1. The number of halogens is 7. The minimum Gasteiger partial charge on any atom is -0.254 e. The summed E-state index contributed by atoms with van der Waals surface area (Å²) in [7, 11) is -1.80. The van der Waals surface area contributed by atoms with Gasteiger partial charge < -0.3 is 0 Å². The molecular weight excluding hydrogens is 430 g/mol. The third-order valence-electron chi connectivity index (χ3n) is 3.96. The molecule has 28 heavy (non-hydrogen) atoms. The Labute approximate surface area is 162 Å². The molecular formula is C17H11ClF6N2OS. The highest BCUT2D eigenvalue weighted by molar-refractivity contribution is 7.85. The second kappa shape index (κ2) is 7.07. The number of nitrogens with zero attached hydrogens (tertiary/aromatic N) is 2. The van der Waals surface area contributed by atoms with E-state index in [0.717, 1.165) is 41.1 Å². The molecule has 1 heterocycles. The van der Waals surface area contributed by atoms with Crippen LogP contribution in [0, 0.1) is 0 Å². The molecule has 3 rings (SSSR count). The lowest BCUT2D eigenvalue weighted by Crippen LogP contribution is -2.10. The van der Waals surface area contributed by atoms with Crippen LogP contribution in [-0.4, -0.2) is 19.7 Å². The number of hydrogen-bond donors (Lipinski definition) is 0. The first-order valence-corrected chi connectivity index (χ1v) is 9.48. The van der Waals surface area contributed by atoms with Crippen molar-refractivity contribution >= 4 is 33.3 Å². The number of benzene rings is 2. The fourth-order valence-electron chi connectivity index (χ4n) is 2.59. The molecule has 0 bridgehead atoms. The Balaban J connectivity index is 2.24. The van der Waals surface area contributed by atoms with E-state index in [1.165, 1.54) is 6.92 Å². The van der Waals surface area contributed by atoms with E-state index in [4.69, 9.17) is 11.6 Å². The van der Waals surface area contributed by atoms with E-state index >= 15 is 0 Å². The Kier molecular flexibility index (Phi) is 5.22. The van der Waals surface area contributed by atoms with Gasteiger partial charge in [-0.25, -0.2) is 4.68 Å². The van der Waals surface area contributed by atoms with Gasteiger partial charge in [0.1, 0.15) is 5.15 Å². The van der Waals surface area contributed by atoms with E-state index in [-0.39, 0.29) is 32.4 Å². The van der Waals surface area contributed by atoms with E-state index in [1.54, 1.807) is 0 Å². The third-order valence-corrected chi connectivity index (χ3v) is 5.67. The predicted octanol–water partition coefficient (Wildman–Crippen LogP) is 5.84. The monoisotopic (exact) mass is 440 g/mol. The summed E-state index contributed by atoms with van der Waals surface area (Å²) in [5.41, 5.74) is -2.03. The summed E-state index contributed by atoms with van der Waals surface area (Å²) < 4.78 is 91.1. The smallest absolute Gasteiger partial charge is 0.254 e. The lowest BCUT2D eigenvalue weighted by molar-refractivity contribution is -0.138. The fourth-order valence-corrected chi connectivity index (χ4v) is 3.84. The molecule has 1 aromatic heterocycles. The first kappa shape index (κ1) is 20.7. The quantitative estimate of drug-likeness (QED) is 0.479. The SMILES string of the molecule is CCS(=O)c1cc(C(F)(F)F)ccc1-n1nc2cc(C(F)(F)F)ccc2c1Cl. The molecule has 0 saturated heterocycles. The van der Waals surface area contributed by atoms with Gasteiger partial charge in [-0.3, -0.25) is 4.21 Å². The van der Waals surface area contributed by atoms with Gasteiger partial charge in [-0.1, -0.05) is 18.5 Å². The van der Waals surface area contributed by atoms with Crippen LogP contribution in [0.4, 0.5) is 26.3 Å². The highest BCUT2D eigenvalue weighted by Crippen LogP contribution is 2.36. The first-order valence-electron chi connectivity index (χ1n) is 7.79. The second-order valence-electron chi connectivity index (χ2n) is 5.75. The second-order valence-corrected chi connectivity index (χ2v) is 7.81. The van der Waals surface area contributed by atoms with Crippen LogP contribution >= 0.6 is 11.6 Å². The molecule has 0 aliphatic heterocycles. The minimum atomic E-state index is -4.65. The van der Waals surface area contributed by atoms with Crippen LogP contribution in [0.5, 0.6) is 0 Å². The molecule has 0 saturated carbocycles. The van der Waals surface area contributed by atoms with Crippen molar-refractivity contribution in [3.05, 3.63) is 52.7 Å².